The van der Waals surface area contributed by atoms with Crippen molar-refractivity contribution in [2.75, 3.05) is 0 Å². The van der Waals surface area contributed by atoms with Crippen LogP contribution in [0.15, 0.2) is 79.0 Å². The second-order valence-corrected chi connectivity index (χ2v) is 6.63. The summed E-state index contributed by atoms with van der Waals surface area (Å²) in [6, 6.07) is 20.7. The maximum Gasteiger partial charge on any atom is 0.418 e. The van der Waals surface area contributed by atoms with Gasteiger partial charge in [-0.05, 0) is 23.8 Å². The molecule has 0 fully saturated rings. The maximum absolute atomic E-state index is 13.5. The Morgan fingerprint density at radius 1 is 0.933 bits per heavy atom. The molecule has 0 atom stereocenters. The SMILES string of the molecule is N#Cc1cccc(-c2c(C(=O)c3ccccc3)cnc3c(C(F)(F)F)cccc23)c1. The molecule has 6 heteroatoms. The van der Waals surface area contributed by atoms with E-state index in [0.29, 0.717) is 22.3 Å². The largest absolute Gasteiger partial charge is 0.418 e. The number of rotatable bonds is 3. The summed E-state index contributed by atoms with van der Waals surface area (Å²) in [7, 11) is 0. The quantitative estimate of drug-likeness (QED) is 0.394. The summed E-state index contributed by atoms with van der Waals surface area (Å²) >= 11 is 0. The van der Waals surface area contributed by atoms with Gasteiger partial charge in [-0.1, -0.05) is 54.6 Å². The van der Waals surface area contributed by atoms with Gasteiger partial charge in [0.2, 0.25) is 0 Å². The summed E-state index contributed by atoms with van der Waals surface area (Å²) in [6.45, 7) is 0. The van der Waals surface area contributed by atoms with E-state index in [-0.39, 0.29) is 22.2 Å². The number of aromatic nitrogens is 1. The van der Waals surface area contributed by atoms with Crippen molar-refractivity contribution < 1.29 is 18.0 Å². The number of nitrogens with zero attached hydrogens (tertiary/aromatic N) is 2. The lowest BCUT2D eigenvalue weighted by Gasteiger charge is -2.16. The summed E-state index contributed by atoms with van der Waals surface area (Å²) in [6.07, 6.45) is -3.41. The van der Waals surface area contributed by atoms with Crippen LogP contribution in [0.2, 0.25) is 0 Å². The number of fused-ring (bicyclic) bond motifs is 1. The van der Waals surface area contributed by atoms with Crippen LogP contribution in [-0.4, -0.2) is 10.8 Å². The Bertz CT molecular complexity index is 1310. The van der Waals surface area contributed by atoms with Gasteiger partial charge in [-0.15, -0.1) is 0 Å². The number of halogens is 3. The van der Waals surface area contributed by atoms with E-state index in [9.17, 15) is 23.2 Å². The van der Waals surface area contributed by atoms with Crippen LogP contribution in [0.3, 0.4) is 0 Å². The minimum Gasteiger partial charge on any atom is -0.289 e. The number of alkyl halides is 3. The minimum atomic E-state index is -4.59. The first-order chi connectivity index (χ1) is 14.4. The molecule has 1 aromatic heterocycles. The zero-order valence-electron chi connectivity index (χ0n) is 15.4. The number of hydrogen-bond donors (Lipinski definition) is 0. The molecular formula is C24H13F3N2O. The topological polar surface area (TPSA) is 53.8 Å². The van der Waals surface area contributed by atoms with Crippen LogP contribution in [-0.2, 0) is 6.18 Å². The zero-order chi connectivity index (χ0) is 21.3. The molecule has 4 rings (SSSR count). The summed E-state index contributed by atoms with van der Waals surface area (Å²) in [5.41, 5.74) is 0.564. The van der Waals surface area contributed by atoms with Crippen LogP contribution in [0.5, 0.6) is 0 Å². The first kappa shape index (κ1) is 19.3. The highest BCUT2D eigenvalue weighted by Crippen LogP contribution is 2.39. The van der Waals surface area contributed by atoms with E-state index in [1.807, 2.05) is 6.07 Å². The Morgan fingerprint density at radius 3 is 2.37 bits per heavy atom. The van der Waals surface area contributed by atoms with Crippen LogP contribution in [0.25, 0.3) is 22.0 Å². The van der Waals surface area contributed by atoms with Gasteiger partial charge in [-0.2, -0.15) is 18.4 Å². The molecule has 3 nitrogen and oxygen atoms in total. The second-order valence-electron chi connectivity index (χ2n) is 6.63. The van der Waals surface area contributed by atoms with E-state index in [1.54, 1.807) is 54.6 Å². The van der Waals surface area contributed by atoms with E-state index < -0.39 is 11.7 Å². The van der Waals surface area contributed by atoms with Crippen LogP contribution in [0, 0.1) is 11.3 Å². The number of carbonyl (C=O) groups excluding carboxylic acids is 1. The zero-order valence-corrected chi connectivity index (χ0v) is 15.4. The molecule has 0 saturated heterocycles. The molecule has 1 heterocycles. The van der Waals surface area contributed by atoms with Gasteiger partial charge in [0.1, 0.15) is 0 Å². The number of nitriles is 1. The van der Waals surface area contributed by atoms with Crippen LogP contribution in [0.4, 0.5) is 13.2 Å². The lowest BCUT2D eigenvalue weighted by Crippen LogP contribution is -2.09. The molecule has 3 aromatic carbocycles. The van der Waals surface area contributed by atoms with Crippen molar-refractivity contribution in [2.45, 2.75) is 6.18 Å². The molecule has 0 amide bonds. The van der Waals surface area contributed by atoms with Crippen LogP contribution in [0.1, 0.15) is 27.0 Å². The molecule has 0 unspecified atom stereocenters. The molecule has 30 heavy (non-hydrogen) atoms. The van der Waals surface area contributed by atoms with Gasteiger partial charge < -0.3 is 0 Å². The highest BCUT2D eigenvalue weighted by Gasteiger charge is 2.34. The number of benzene rings is 3. The van der Waals surface area contributed by atoms with E-state index in [4.69, 9.17) is 0 Å². The van der Waals surface area contributed by atoms with Gasteiger partial charge in [0.15, 0.2) is 5.78 Å². The van der Waals surface area contributed by atoms with Crippen molar-refractivity contribution in [3.8, 4) is 17.2 Å². The molecule has 0 aliphatic rings. The molecule has 0 radical (unpaired) electrons. The lowest BCUT2D eigenvalue weighted by atomic mass is 9.90. The highest BCUT2D eigenvalue weighted by molar-refractivity contribution is 6.16. The predicted octanol–water partition coefficient (Wildman–Crippen LogP) is 6.02. The van der Waals surface area contributed by atoms with Gasteiger partial charge in [0.25, 0.3) is 0 Å². The van der Waals surface area contributed by atoms with Crippen molar-refractivity contribution in [1.29, 1.82) is 5.26 Å². The molecule has 0 bridgehead atoms. The van der Waals surface area contributed by atoms with Crippen molar-refractivity contribution in [1.82, 2.24) is 4.98 Å². The smallest absolute Gasteiger partial charge is 0.289 e. The monoisotopic (exact) mass is 402 g/mol. The Balaban J connectivity index is 2.08. The molecular weight excluding hydrogens is 389 g/mol. The molecule has 0 spiro atoms. The third kappa shape index (κ3) is 3.42. The number of pyridine rings is 1. The minimum absolute atomic E-state index is 0.170. The highest BCUT2D eigenvalue weighted by atomic mass is 19.4. The third-order valence-electron chi connectivity index (χ3n) is 4.76. The molecule has 0 aliphatic heterocycles. The average Bonchev–Trinajstić information content (AvgIpc) is 2.77. The fourth-order valence-corrected chi connectivity index (χ4v) is 3.42. The average molecular weight is 402 g/mol. The van der Waals surface area contributed by atoms with Crippen LogP contribution >= 0.6 is 0 Å². The fourth-order valence-electron chi connectivity index (χ4n) is 3.42. The maximum atomic E-state index is 13.5. The number of hydrogen-bond acceptors (Lipinski definition) is 3. The second kappa shape index (κ2) is 7.45. The predicted molar refractivity (Wildman–Crippen MR) is 107 cm³/mol. The Morgan fingerprint density at radius 2 is 1.67 bits per heavy atom. The van der Waals surface area contributed by atoms with E-state index >= 15 is 0 Å². The first-order valence-corrected chi connectivity index (χ1v) is 8.99. The van der Waals surface area contributed by atoms with Gasteiger partial charge >= 0.3 is 6.18 Å². The lowest BCUT2D eigenvalue weighted by molar-refractivity contribution is -0.136. The summed E-state index contributed by atoms with van der Waals surface area (Å²) in [5.74, 6) is -0.361. The Kier molecular flexibility index (Phi) is 4.80. The van der Waals surface area contributed by atoms with Crippen molar-refractivity contribution in [3.05, 3.63) is 101 Å². The van der Waals surface area contributed by atoms with E-state index in [0.717, 1.165) is 6.07 Å². The Hall–Kier alpha value is -3.98. The van der Waals surface area contributed by atoms with Crippen molar-refractivity contribution in [3.63, 3.8) is 0 Å². The Labute approximate surface area is 170 Å². The normalized spacial score (nSPS) is 11.3. The summed E-state index contributed by atoms with van der Waals surface area (Å²) in [5, 5.41) is 9.45. The summed E-state index contributed by atoms with van der Waals surface area (Å²) in [4.78, 5) is 17.2. The third-order valence-corrected chi connectivity index (χ3v) is 4.76. The van der Waals surface area contributed by atoms with Crippen molar-refractivity contribution in [2.24, 2.45) is 0 Å². The molecule has 4 aromatic rings. The first-order valence-electron chi connectivity index (χ1n) is 8.99. The van der Waals surface area contributed by atoms with Crippen LogP contribution < -0.4 is 0 Å². The van der Waals surface area contributed by atoms with Gasteiger partial charge in [-0.25, -0.2) is 0 Å². The van der Waals surface area contributed by atoms with Gasteiger partial charge in [0.05, 0.1) is 22.7 Å². The molecule has 0 saturated carbocycles. The number of carbonyl (C=O) groups is 1. The molecule has 0 aliphatic carbocycles. The molecule has 0 N–H and O–H groups in total. The standard InChI is InChI=1S/C24H13F3N2O/c25-24(26,27)20-11-5-10-18-21(17-9-4-6-15(12-17)13-28)19(14-29-22(18)20)23(30)16-7-2-1-3-8-16/h1-12,14H. The molecule has 146 valence electrons. The van der Waals surface area contributed by atoms with Gasteiger partial charge in [-0.3, -0.25) is 9.78 Å². The fraction of sp³-hybridized carbons (Fsp3) is 0.0417. The van der Waals surface area contributed by atoms with E-state index in [2.05, 4.69) is 4.98 Å². The number of ketones is 1. The van der Waals surface area contributed by atoms with E-state index in [1.165, 1.54) is 18.3 Å². The van der Waals surface area contributed by atoms with Gasteiger partial charge in [0, 0.05) is 28.3 Å². The van der Waals surface area contributed by atoms with Crippen molar-refractivity contribution >= 4 is 16.7 Å². The summed E-state index contributed by atoms with van der Waals surface area (Å²) < 4.78 is 40.6. The number of para-hydroxylation sites is 1.